The van der Waals surface area contributed by atoms with Gasteiger partial charge in [-0.15, -0.1) is 5.53 Å². The first-order valence-corrected chi connectivity index (χ1v) is 7.09. The van der Waals surface area contributed by atoms with Crippen LogP contribution >= 0.6 is 0 Å². The van der Waals surface area contributed by atoms with Gasteiger partial charge in [-0.05, 0) is 18.6 Å². The van der Waals surface area contributed by atoms with Crippen molar-refractivity contribution < 1.29 is 4.42 Å². The zero-order valence-electron chi connectivity index (χ0n) is 12.0. The van der Waals surface area contributed by atoms with Gasteiger partial charge < -0.3 is 4.42 Å². The molecule has 0 radical (unpaired) electrons. The lowest BCUT2D eigenvalue weighted by Crippen LogP contribution is -2.38. The van der Waals surface area contributed by atoms with Crippen LogP contribution in [0.15, 0.2) is 51.9 Å². The lowest BCUT2D eigenvalue weighted by molar-refractivity contribution is 0.301. The Balaban J connectivity index is 1.68. The lowest BCUT2D eigenvalue weighted by atomic mass is 10.2. The van der Waals surface area contributed by atoms with E-state index < -0.39 is 0 Å². The third kappa shape index (κ3) is 3.24. The van der Waals surface area contributed by atoms with Gasteiger partial charge in [0.25, 0.3) is 0 Å². The minimum absolute atomic E-state index is 0.499. The molecule has 1 saturated heterocycles. The summed E-state index contributed by atoms with van der Waals surface area (Å²) in [4.78, 5) is 4.51. The molecule has 0 unspecified atom stereocenters. The number of hydrogen-bond donors (Lipinski definition) is 3. The highest BCUT2D eigenvalue weighted by Crippen LogP contribution is 2.22. The van der Waals surface area contributed by atoms with Crippen LogP contribution < -0.4 is 16.5 Å². The maximum Gasteiger partial charge on any atom is 0.226 e. The van der Waals surface area contributed by atoms with E-state index in [0.717, 1.165) is 36.0 Å². The number of benzene rings is 1. The van der Waals surface area contributed by atoms with Crippen LogP contribution in [0.3, 0.4) is 0 Å². The van der Waals surface area contributed by atoms with E-state index in [4.69, 9.17) is 4.42 Å². The number of furan rings is 1. The molecule has 21 heavy (non-hydrogen) atoms. The molecule has 1 fully saturated rings. The van der Waals surface area contributed by atoms with Gasteiger partial charge >= 0.3 is 0 Å². The minimum Gasteiger partial charge on any atom is -0.459 e. The van der Waals surface area contributed by atoms with E-state index in [9.17, 15) is 0 Å². The molecule has 0 saturated carbocycles. The Bertz CT molecular complexity index is 608. The zero-order valence-corrected chi connectivity index (χ0v) is 12.0. The zero-order chi connectivity index (χ0) is 14.5. The van der Waals surface area contributed by atoms with Crippen LogP contribution in [0, 0.1) is 0 Å². The number of guanidine groups is 1. The van der Waals surface area contributed by atoms with Crippen LogP contribution in [0.1, 0.15) is 19.1 Å². The highest BCUT2D eigenvalue weighted by molar-refractivity contribution is 5.80. The van der Waals surface area contributed by atoms with Crippen molar-refractivity contribution >= 4 is 5.96 Å². The molecule has 1 aliphatic heterocycles. The minimum atomic E-state index is 0.499. The Morgan fingerprint density at radius 3 is 2.81 bits per heavy atom. The van der Waals surface area contributed by atoms with E-state index >= 15 is 0 Å². The van der Waals surface area contributed by atoms with Crippen molar-refractivity contribution in [2.24, 2.45) is 4.99 Å². The molecule has 110 valence electrons. The third-order valence-electron chi connectivity index (χ3n) is 3.17. The molecule has 3 N–H and O–H groups in total. The SMILES string of the molecule is CCCN1NNNC1=NCc1ccc(-c2ccccc2)o1. The van der Waals surface area contributed by atoms with Crippen LogP contribution in [0.2, 0.25) is 0 Å². The number of rotatable bonds is 5. The quantitative estimate of drug-likeness (QED) is 0.784. The van der Waals surface area contributed by atoms with Gasteiger partial charge in [0.15, 0.2) is 0 Å². The molecule has 0 amide bonds. The summed E-state index contributed by atoms with van der Waals surface area (Å²) in [5.41, 5.74) is 9.87. The summed E-state index contributed by atoms with van der Waals surface area (Å²) in [5, 5.41) is 1.93. The monoisotopic (exact) mass is 285 g/mol. The van der Waals surface area contributed by atoms with Crippen molar-refractivity contribution in [1.82, 2.24) is 21.5 Å². The van der Waals surface area contributed by atoms with E-state index in [-0.39, 0.29) is 0 Å². The summed E-state index contributed by atoms with van der Waals surface area (Å²) < 4.78 is 5.83. The fourth-order valence-electron chi connectivity index (χ4n) is 2.16. The molecule has 6 heteroatoms. The Kier molecular flexibility index (Phi) is 4.18. The van der Waals surface area contributed by atoms with Crippen molar-refractivity contribution in [3.8, 4) is 11.3 Å². The number of hydrazine groups is 3. The van der Waals surface area contributed by atoms with Crippen molar-refractivity contribution in [2.45, 2.75) is 19.9 Å². The smallest absolute Gasteiger partial charge is 0.226 e. The molecule has 0 atom stereocenters. The van der Waals surface area contributed by atoms with E-state index in [1.165, 1.54) is 0 Å². The summed E-state index contributed by atoms with van der Waals surface area (Å²) in [6, 6.07) is 14.0. The lowest BCUT2D eigenvalue weighted by Gasteiger charge is -2.13. The maximum atomic E-state index is 5.83. The van der Waals surface area contributed by atoms with Crippen LogP contribution in [0.25, 0.3) is 11.3 Å². The van der Waals surface area contributed by atoms with Gasteiger partial charge in [-0.25, -0.2) is 4.99 Å². The fraction of sp³-hybridized carbons (Fsp3) is 0.267. The van der Waals surface area contributed by atoms with Gasteiger partial charge in [0, 0.05) is 12.1 Å². The van der Waals surface area contributed by atoms with Crippen LogP contribution in [-0.4, -0.2) is 17.5 Å². The Morgan fingerprint density at radius 1 is 1.14 bits per heavy atom. The predicted molar refractivity (Wildman–Crippen MR) is 81.7 cm³/mol. The van der Waals surface area contributed by atoms with E-state index in [0.29, 0.717) is 6.54 Å². The van der Waals surface area contributed by atoms with Gasteiger partial charge in [0.05, 0.1) is 0 Å². The molecule has 1 aromatic heterocycles. The predicted octanol–water partition coefficient (Wildman–Crippen LogP) is 2.04. The van der Waals surface area contributed by atoms with E-state index in [1.807, 2.05) is 47.5 Å². The molecule has 0 aliphatic carbocycles. The van der Waals surface area contributed by atoms with Gasteiger partial charge in [0.2, 0.25) is 5.96 Å². The number of hydrogen-bond acceptors (Lipinski definition) is 4. The van der Waals surface area contributed by atoms with E-state index in [2.05, 4.69) is 28.4 Å². The number of aliphatic imine (C=N–C) groups is 1. The van der Waals surface area contributed by atoms with Gasteiger partial charge in [-0.1, -0.05) is 37.3 Å². The van der Waals surface area contributed by atoms with Crippen LogP contribution in [0.4, 0.5) is 0 Å². The Hall–Kier alpha value is -2.31. The van der Waals surface area contributed by atoms with Crippen molar-refractivity contribution in [3.05, 3.63) is 48.2 Å². The normalized spacial score (nSPS) is 16.4. The van der Waals surface area contributed by atoms with Crippen LogP contribution in [0.5, 0.6) is 0 Å². The molecule has 0 spiro atoms. The average molecular weight is 285 g/mol. The third-order valence-corrected chi connectivity index (χ3v) is 3.17. The number of nitrogens with one attached hydrogen (secondary N) is 3. The molecule has 3 rings (SSSR count). The van der Waals surface area contributed by atoms with Crippen molar-refractivity contribution in [2.75, 3.05) is 6.54 Å². The fourth-order valence-corrected chi connectivity index (χ4v) is 2.16. The Labute approximate surface area is 123 Å². The van der Waals surface area contributed by atoms with Gasteiger partial charge in [-0.3, -0.25) is 10.4 Å². The summed E-state index contributed by atoms with van der Waals surface area (Å²) in [7, 11) is 0. The van der Waals surface area contributed by atoms with Crippen LogP contribution in [-0.2, 0) is 6.54 Å². The number of nitrogens with zero attached hydrogens (tertiary/aromatic N) is 2. The Morgan fingerprint density at radius 2 is 2.00 bits per heavy atom. The molecular formula is C15H19N5O. The summed E-state index contributed by atoms with van der Waals surface area (Å²) in [6.07, 6.45) is 1.04. The largest absolute Gasteiger partial charge is 0.459 e. The van der Waals surface area contributed by atoms with Crippen molar-refractivity contribution in [1.29, 1.82) is 0 Å². The molecule has 2 heterocycles. The van der Waals surface area contributed by atoms with Gasteiger partial charge in [0.1, 0.15) is 18.1 Å². The van der Waals surface area contributed by atoms with E-state index in [1.54, 1.807) is 0 Å². The summed E-state index contributed by atoms with van der Waals surface area (Å²) >= 11 is 0. The molecule has 2 aromatic rings. The topological polar surface area (TPSA) is 64.8 Å². The first kappa shape index (κ1) is 13.7. The molecule has 6 nitrogen and oxygen atoms in total. The first-order valence-electron chi connectivity index (χ1n) is 7.09. The standard InChI is InChI=1S/C15H19N5O/c1-2-10-20-15(17-18-19-20)16-11-13-8-9-14(21-13)12-6-4-3-5-7-12/h3-9,18-19H,2,10-11H2,1H3,(H,16,17). The van der Waals surface area contributed by atoms with Gasteiger partial charge in [-0.2, -0.15) is 5.53 Å². The van der Waals surface area contributed by atoms with Crippen molar-refractivity contribution in [3.63, 3.8) is 0 Å². The second-order valence-electron chi connectivity index (χ2n) is 4.79. The second kappa shape index (κ2) is 6.43. The molecule has 0 bridgehead atoms. The molecule has 1 aromatic carbocycles. The molecular weight excluding hydrogens is 266 g/mol. The summed E-state index contributed by atoms with van der Waals surface area (Å²) in [5.74, 6) is 2.48. The highest BCUT2D eigenvalue weighted by atomic mass is 16.3. The first-order chi connectivity index (χ1) is 10.4. The summed E-state index contributed by atoms with van der Waals surface area (Å²) in [6.45, 7) is 3.50. The average Bonchev–Trinajstić information content (AvgIpc) is 3.16. The highest BCUT2D eigenvalue weighted by Gasteiger charge is 2.15. The second-order valence-corrected chi connectivity index (χ2v) is 4.79. The molecule has 1 aliphatic rings. The maximum absolute atomic E-state index is 5.83.